The molecule has 1 atom stereocenters. The molecule has 4 heteroatoms. The first-order valence-electron chi connectivity index (χ1n) is 6.09. The molecular weight excluding hydrogens is 204 g/mol. The predicted octanol–water partition coefficient (Wildman–Crippen LogP) is 0.657. The third-order valence-electron chi connectivity index (χ3n) is 4.06. The third-order valence-corrected chi connectivity index (χ3v) is 4.06. The molecular formula is C12H22N2O2. The summed E-state index contributed by atoms with van der Waals surface area (Å²) in [4.78, 5) is 12.0. The first-order chi connectivity index (χ1) is 7.44. The monoisotopic (exact) mass is 226 g/mol. The molecule has 1 aliphatic carbocycles. The Labute approximate surface area is 96.9 Å². The number of carbonyl (C=O) groups excluding carboxylic acids is 1. The Morgan fingerprint density at radius 1 is 1.44 bits per heavy atom. The van der Waals surface area contributed by atoms with E-state index < -0.39 is 5.54 Å². The van der Waals surface area contributed by atoms with Crippen LogP contribution in [0.4, 0.5) is 0 Å². The van der Waals surface area contributed by atoms with Crippen molar-refractivity contribution >= 4 is 5.91 Å². The maximum Gasteiger partial charge on any atom is 0.240 e. The summed E-state index contributed by atoms with van der Waals surface area (Å²) >= 11 is 0. The van der Waals surface area contributed by atoms with Gasteiger partial charge in [-0.2, -0.15) is 0 Å². The van der Waals surface area contributed by atoms with Crippen LogP contribution >= 0.6 is 0 Å². The van der Waals surface area contributed by atoms with Gasteiger partial charge in [-0.25, -0.2) is 0 Å². The van der Waals surface area contributed by atoms with Crippen molar-refractivity contribution in [2.75, 3.05) is 19.8 Å². The summed E-state index contributed by atoms with van der Waals surface area (Å²) < 4.78 is 5.23. The molecule has 1 saturated carbocycles. The maximum absolute atomic E-state index is 12.0. The second-order valence-corrected chi connectivity index (χ2v) is 5.87. The fraction of sp³-hybridized carbons (Fsp3) is 0.917. The fourth-order valence-electron chi connectivity index (χ4n) is 2.28. The Hall–Kier alpha value is -0.610. The van der Waals surface area contributed by atoms with Gasteiger partial charge in [-0.3, -0.25) is 4.79 Å². The first-order valence-corrected chi connectivity index (χ1v) is 6.09. The molecule has 0 aromatic heterocycles. The van der Waals surface area contributed by atoms with Crippen LogP contribution in [0.15, 0.2) is 0 Å². The van der Waals surface area contributed by atoms with Gasteiger partial charge in [0.2, 0.25) is 5.91 Å². The van der Waals surface area contributed by atoms with Crippen LogP contribution in [0, 0.1) is 11.3 Å². The standard InChI is InChI=1S/C12H22N2O2/c1-11(2)7-9(11)8-14-10(15)12(13)3-5-16-6-4-12/h9H,3-8,13H2,1-2H3,(H,14,15). The number of ether oxygens (including phenoxy) is 1. The van der Waals surface area contributed by atoms with E-state index in [4.69, 9.17) is 10.5 Å². The molecule has 0 spiro atoms. The van der Waals surface area contributed by atoms with Crippen LogP contribution in [-0.2, 0) is 9.53 Å². The molecule has 1 aliphatic heterocycles. The second-order valence-electron chi connectivity index (χ2n) is 5.87. The Bertz CT molecular complexity index is 283. The highest BCUT2D eigenvalue weighted by Crippen LogP contribution is 2.51. The lowest BCUT2D eigenvalue weighted by molar-refractivity contribution is -0.129. The van der Waals surface area contributed by atoms with Gasteiger partial charge in [0.15, 0.2) is 0 Å². The van der Waals surface area contributed by atoms with E-state index in [1.165, 1.54) is 6.42 Å². The summed E-state index contributed by atoms with van der Waals surface area (Å²) in [5, 5.41) is 2.99. The Morgan fingerprint density at radius 3 is 2.50 bits per heavy atom. The summed E-state index contributed by atoms with van der Waals surface area (Å²) in [7, 11) is 0. The van der Waals surface area contributed by atoms with Crippen LogP contribution in [0.1, 0.15) is 33.1 Å². The van der Waals surface area contributed by atoms with Crippen molar-refractivity contribution in [1.29, 1.82) is 0 Å². The van der Waals surface area contributed by atoms with Gasteiger partial charge in [0.05, 0.1) is 5.54 Å². The molecule has 1 saturated heterocycles. The van der Waals surface area contributed by atoms with Crippen molar-refractivity contribution in [2.45, 2.75) is 38.6 Å². The van der Waals surface area contributed by atoms with Gasteiger partial charge in [0, 0.05) is 19.8 Å². The predicted molar refractivity (Wildman–Crippen MR) is 61.9 cm³/mol. The molecule has 2 aliphatic rings. The highest BCUT2D eigenvalue weighted by atomic mass is 16.5. The number of hydrogen-bond acceptors (Lipinski definition) is 3. The van der Waals surface area contributed by atoms with Crippen LogP contribution in [0.25, 0.3) is 0 Å². The van der Waals surface area contributed by atoms with E-state index in [0.717, 1.165) is 6.54 Å². The van der Waals surface area contributed by atoms with Crippen molar-refractivity contribution < 1.29 is 9.53 Å². The molecule has 1 unspecified atom stereocenters. The summed E-state index contributed by atoms with van der Waals surface area (Å²) in [6.45, 7) is 6.43. The zero-order chi connectivity index (χ0) is 11.8. The van der Waals surface area contributed by atoms with Gasteiger partial charge in [0.1, 0.15) is 0 Å². The summed E-state index contributed by atoms with van der Waals surface area (Å²) in [5.74, 6) is 0.624. The fourth-order valence-corrected chi connectivity index (χ4v) is 2.28. The molecule has 16 heavy (non-hydrogen) atoms. The Balaban J connectivity index is 1.79. The highest BCUT2D eigenvalue weighted by molar-refractivity contribution is 5.86. The van der Waals surface area contributed by atoms with E-state index >= 15 is 0 Å². The van der Waals surface area contributed by atoms with E-state index in [1.807, 2.05) is 0 Å². The molecule has 0 aromatic carbocycles. The van der Waals surface area contributed by atoms with Crippen molar-refractivity contribution in [3.05, 3.63) is 0 Å². The largest absolute Gasteiger partial charge is 0.381 e. The first kappa shape index (κ1) is 11.9. The normalized spacial score (nSPS) is 30.8. The summed E-state index contributed by atoms with van der Waals surface area (Å²) in [6.07, 6.45) is 2.47. The van der Waals surface area contributed by atoms with Crippen molar-refractivity contribution in [3.8, 4) is 0 Å². The number of carbonyl (C=O) groups is 1. The van der Waals surface area contributed by atoms with Gasteiger partial charge in [0.25, 0.3) is 0 Å². The average Bonchev–Trinajstić information content (AvgIpc) is 2.84. The van der Waals surface area contributed by atoms with E-state index in [2.05, 4.69) is 19.2 Å². The van der Waals surface area contributed by atoms with Crippen molar-refractivity contribution in [2.24, 2.45) is 17.1 Å². The zero-order valence-electron chi connectivity index (χ0n) is 10.2. The molecule has 2 rings (SSSR count). The van der Waals surface area contributed by atoms with Gasteiger partial charge in [-0.1, -0.05) is 13.8 Å². The summed E-state index contributed by atoms with van der Waals surface area (Å²) in [6, 6.07) is 0. The van der Waals surface area contributed by atoms with Crippen LogP contribution in [0.5, 0.6) is 0 Å². The Morgan fingerprint density at radius 2 is 2.00 bits per heavy atom. The average molecular weight is 226 g/mol. The van der Waals surface area contributed by atoms with Gasteiger partial charge in [-0.05, 0) is 30.6 Å². The lowest BCUT2D eigenvalue weighted by atomic mass is 9.90. The minimum Gasteiger partial charge on any atom is -0.381 e. The molecule has 0 aromatic rings. The van der Waals surface area contributed by atoms with Crippen molar-refractivity contribution in [1.82, 2.24) is 5.32 Å². The molecule has 4 nitrogen and oxygen atoms in total. The molecule has 3 N–H and O–H groups in total. The minimum atomic E-state index is -0.697. The minimum absolute atomic E-state index is 0.00139. The van der Waals surface area contributed by atoms with Gasteiger partial charge in [-0.15, -0.1) is 0 Å². The lowest BCUT2D eigenvalue weighted by Gasteiger charge is -2.31. The molecule has 1 amide bonds. The molecule has 0 radical (unpaired) electrons. The number of nitrogens with two attached hydrogens (primary N) is 1. The Kier molecular flexibility index (Phi) is 2.97. The molecule has 92 valence electrons. The topological polar surface area (TPSA) is 64.4 Å². The SMILES string of the molecule is CC1(C)CC1CNC(=O)C1(N)CCOCC1. The number of nitrogens with one attached hydrogen (secondary N) is 1. The van der Waals surface area contributed by atoms with Crippen molar-refractivity contribution in [3.63, 3.8) is 0 Å². The lowest BCUT2D eigenvalue weighted by Crippen LogP contribution is -2.57. The van der Waals surface area contributed by atoms with Crippen LogP contribution < -0.4 is 11.1 Å². The van der Waals surface area contributed by atoms with Gasteiger partial charge < -0.3 is 15.8 Å². The van der Waals surface area contributed by atoms with Crippen LogP contribution in [-0.4, -0.2) is 31.2 Å². The molecule has 1 heterocycles. The smallest absolute Gasteiger partial charge is 0.240 e. The van der Waals surface area contributed by atoms with Gasteiger partial charge >= 0.3 is 0 Å². The number of rotatable bonds is 3. The molecule has 2 fully saturated rings. The van der Waals surface area contributed by atoms with E-state index in [-0.39, 0.29) is 5.91 Å². The zero-order valence-corrected chi connectivity index (χ0v) is 10.2. The highest BCUT2D eigenvalue weighted by Gasteiger charge is 2.46. The third kappa shape index (κ3) is 2.38. The summed E-state index contributed by atoms with van der Waals surface area (Å²) in [5.41, 5.74) is 5.80. The maximum atomic E-state index is 12.0. The van der Waals surface area contributed by atoms with Crippen LogP contribution in [0.3, 0.4) is 0 Å². The number of hydrogen-bond donors (Lipinski definition) is 2. The van der Waals surface area contributed by atoms with E-state index in [1.54, 1.807) is 0 Å². The second kappa shape index (κ2) is 4.00. The number of amides is 1. The quantitative estimate of drug-likeness (QED) is 0.743. The van der Waals surface area contributed by atoms with E-state index in [9.17, 15) is 4.79 Å². The molecule has 0 bridgehead atoms. The van der Waals surface area contributed by atoms with Crippen LogP contribution in [0.2, 0.25) is 0 Å². The van der Waals surface area contributed by atoms with E-state index in [0.29, 0.717) is 37.4 Å².